The topological polar surface area (TPSA) is 87.1 Å². The molecule has 0 saturated carbocycles. The van der Waals surface area contributed by atoms with Gasteiger partial charge in [-0.2, -0.15) is 5.26 Å². The number of aryl methyl sites for hydroxylation is 1. The van der Waals surface area contributed by atoms with Crippen LogP contribution in [-0.4, -0.2) is 11.1 Å². The van der Waals surface area contributed by atoms with E-state index in [9.17, 15) is 4.79 Å². The van der Waals surface area contributed by atoms with Gasteiger partial charge in [0.05, 0.1) is 11.6 Å². The molecule has 14 heavy (non-hydrogen) atoms. The molecular formula is C10H10N2O2. The smallest absolute Gasteiger partial charge is 0.325 e. The summed E-state index contributed by atoms with van der Waals surface area (Å²) in [6, 6.07) is 5.73. The molecule has 0 amide bonds. The highest BCUT2D eigenvalue weighted by Gasteiger charge is 2.17. The average Bonchev–Trinajstić information content (AvgIpc) is 2.16. The number of carboxylic acids is 1. The highest BCUT2D eigenvalue weighted by atomic mass is 16.4. The zero-order chi connectivity index (χ0) is 10.7. The van der Waals surface area contributed by atoms with E-state index in [2.05, 4.69) is 0 Å². The fourth-order valence-electron chi connectivity index (χ4n) is 1.17. The standard InChI is InChI=1S/C10H10N2O2/c1-6-2-3-7(5-11)8(4-6)9(12)10(13)14/h2-4,9H,12H2,1H3,(H,13,14)/t9-/m1/s1. The molecule has 4 heteroatoms. The molecule has 3 N–H and O–H groups in total. The molecule has 0 aliphatic carbocycles. The van der Waals surface area contributed by atoms with Crippen molar-refractivity contribution in [3.63, 3.8) is 0 Å². The van der Waals surface area contributed by atoms with Gasteiger partial charge in [-0.05, 0) is 18.6 Å². The molecule has 0 heterocycles. The lowest BCUT2D eigenvalue weighted by molar-refractivity contribution is -0.138. The number of hydrogen-bond donors (Lipinski definition) is 2. The van der Waals surface area contributed by atoms with Crippen molar-refractivity contribution < 1.29 is 9.90 Å². The number of nitriles is 1. The first-order valence-electron chi connectivity index (χ1n) is 4.05. The molecule has 0 aliphatic rings. The number of nitrogens with two attached hydrogens (primary N) is 1. The monoisotopic (exact) mass is 190 g/mol. The molecule has 0 spiro atoms. The van der Waals surface area contributed by atoms with E-state index in [1.807, 2.05) is 13.0 Å². The first-order chi connectivity index (χ1) is 6.56. The summed E-state index contributed by atoms with van der Waals surface area (Å²) >= 11 is 0. The van der Waals surface area contributed by atoms with Gasteiger partial charge in [-0.3, -0.25) is 4.79 Å². The van der Waals surface area contributed by atoms with Crippen molar-refractivity contribution in [3.05, 3.63) is 34.9 Å². The van der Waals surface area contributed by atoms with Gasteiger partial charge in [-0.15, -0.1) is 0 Å². The number of aliphatic carboxylic acids is 1. The zero-order valence-corrected chi connectivity index (χ0v) is 7.69. The molecule has 1 aromatic rings. The van der Waals surface area contributed by atoms with E-state index in [0.717, 1.165) is 5.56 Å². The van der Waals surface area contributed by atoms with Crippen molar-refractivity contribution in [2.75, 3.05) is 0 Å². The number of hydrogen-bond acceptors (Lipinski definition) is 3. The Bertz CT molecular complexity index is 407. The predicted octanol–water partition coefficient (Wildman–Crippen LogP) is 0.951. The zero-order valence-electron chi connectivity index (χ0n) is 7.69. The van der Waals surface area contributed by atoms with Gasteiger partial charge in [0.15, 0.2) is 0 Å². The van der Waals surface area contributed by atoms with E-state index in [4.69, 9.17) is 16.1 Å². The van der Waals surface area contributed by atoms with Gasteiger partial charge in [-0.1, -0.05) is 17.7 Å². The van der Waals surface area contributed by atoms with Crippen molar-refractivity contribution in [2.45, 2.75) is 13.0 Å². The van der Waals surface area contributed by atoms with Gasteiger partial charge in [0, 0.05) is 0 Å². The largest absolute Gasteiger partial charge is 0.480 e. The van der Waals surface area contributed by atoms with Crippen molar-refractivity contribution >= 4 is 5.97 Å². The Labute approximate surface area is 81.6 Å². The minimum atomic E-state index is -1.13. The average molecular weight is 190 g/mol. The Kier molecular flexibility index (Phi) is 2.85. The van der Waals surface area contributed by atoms with Crippen LogP contribution in [0.25, 0.3) is 0 Å². The summed E-state index contributed by atoms with van der Waals surface area (Å²) in [4.78, 5) is 10.6. The molecule has 1 aromatic carbocycles. The van der Waals surface area contributed by atoms with Crippen molar-refractivity contribution in [1.82, 2.24) is 0 Å². The number of carboxylic acid groups (broad SMARTS) is 1. The van der Waals surface area contributed by atoms with Crippen LogP contribution >= 0.6 is 0 Å². The predicted molar refractivity (Wildman–Crippen MR) is 50.5 cm³/mol. The lowest BCUT2D eigenvalue weighted by atomic mass is 9.99. The molecule has 1 atom stereocenters. The minimum Gasteiger partial charge on any atom is -0.480 e. The van der Waals surface area contributed by atoms with E-state index in [1.165, 1.54) is 0 Å². The summed E-state index contributed by atoms with van der Waals surface area (Å²) in [5, 5.41) is 17.5. The van der Waals surface area contributed by atoms with Crippen molar-refractivity contribution in [3.8, 4) is 6.07 Å². The van der Waals surface area contributed by atoms with Gasteiger partial charge in [0.1, 0.15) is 6.04 Å². The lowest BCUT2D eigenvalue weighted by Crippen LogP contribution is -2.21. The Morgan fingerprint density at radius 3 is 2.79 bits per heavy atom. The van der Waals surface area contributed by atoms with E-state index >= 15 is 0 Å². The van der Waals surface area contributed by atoms with Gasteiger partial charge >= 0.3 is 5.97 Å². The second-order valence-corrected chi connectivity index (χ2v) is 3.02. The number of benzene rings is 1. The molecule has 0 aliphatic heterocycles. The normalized spacial score (nSPS) is 11.8. The lowest BCUT2D eigenvalue weighted by Gasteiger charge is -2.09. The summed E-state index contributed by atoms with van der Waals surface area (Å²) in [6.45, 7) is 1.82. The van der Waals surface area contributed by atoms with E-state index in [-0.39, 0.29) is 0 Å². The number of carbonyl (C=O) groups is 1. The third-order valence-corrected chi connectivity index (χ3v) is 1.93. The minimum absolute atomic E-state index is 0.311. The Morgan fingerprint density at radius 1 is 1.64 bits per heavy atom. The third-order valence-electron chi connectivity index (χ3n) is 1.93. The van der Waals surface area contributed by atoms with Crippen LogP contribution in [0, 0.1) is 18.3 Å². The molecule has 0 bridgehead atoms. The Hall–Kier alpha value is -1.86. The number of rotatable bonds is 2. The Morgan fingerprint density at radius 2 is 2.29 bits per heavy atom. The quantitative estimate of drug-likeness (QED) is 0.726. The van der Waals surface area contributed by atoms with E-state index in [1.54, 1.807) is 18.2 Å². The van der Waals surface area contributed by atoms with Crippen LogP contribution in [0.3, 0.4) is 0 Å². The molecule has 0 fully saturated rings. The van der Waals surface area contributed by atoms with E-state index in [0.29, 0.717) is 11.1 Å². The molecule has 4 nitrogen and oxygen atoms in total. The second-order valence-electron chi connectivity index (χ2n) is 3.02. The van der Waals surface area contributed by atoms with Crippen LogP contribution in [0.5, 0.6) is 0 Å². The summed E-state index contributed by atoms with van der Waals surface area (Å²) < 4.78 is 0. The molecule has 1 rings (SSSR count). The Balaban J connectivity index is 3.25. The highest BCUT2D eigenvalue weighted by Crippen LogP contribution is 2.17. The first-order valence-corrected chi connectivity index (χ1v) is 4.05. The summed E-state index contributed by atoms with van der Waals surface area (Å²) in [5.41, 5.74) is 6.99. The van der Waals surface area contributed by atoms with Crippen LogP contribution < -0.4 is 5.73 Å². The van der Waals surface area contributed by atoms with Gasteiger partial charge in [-0.25, -0.2) is 0 Å². The van der Waals surface area contributed by atoms with Crippen LogP contribution in [0.15, 0.2) is 18.2 Å². The highest BCUT2D eigenvalue weighted by molar-refractivity contribution is 5.76. The van der Waals surface area contributed by atoms with Gasteiger partial charge in [0.2, 0.25) is 0 Å². The molecule has 0 saturated heterocycles. The van der Waals surface area contributed by atoms with Crippen LogP contribution in [-0.2, 0) is 4.79 Å². The number of nitrogens with zero attached hydrogens (tertiary/aromatic N) is 1. The van der Waals surface area contributed by atoms with E-state index < -0.39 is 12.0 Å². The first kappa shape index (κ1) is 10.2. The molecular weight excluding hydrogens is 180 g/mol. The van der Waals surface area contributed by atoms with Crippen LogP contribution in [0.1, 0.15) is 22.7 Å². The maximum atomic E-state index is 10.6. The van der Waals surface area contributed by atoms with Gasteiger partial charge < -0.3 is 10.8 Å². The van der Waals surface area contributed by atoms with Crippen molar-refractivity contribution in [2.24, 2.45) is 5.73 Å². The fourth-order valence-corrected chi connectivity index (χ4v) is 1.17. The summed E-state index contributed by atoms with van der Waals surface area (Å²) in [6.07, 6.45) is 0. The SMILES string of the molecule is Cc1ccc(C#N)c([C@@H](N)C(=O)O)c1. The second kappa shape index (κ2) is 3.90. The van der Waals surface area contributed by atoms with Crippen LogP contribution in [0.4, 0.5) is 0 Å². The fraction of sp³-hybridized carbons (Fsp3) is 0.200. The molecule has 0 unspecified atom stereocenters. The van der Waals surface area contributed by atoms with Crippen LogP contribution in [0.2, 0.25) is 0 Å². The molecule has 0 radical (unpaired) electrons. The maximum Gasteiger partial charge on any atom is 0.325 e. The maximum absolute atomic E-state index is 10.6. The summed E-state index contributed by atoms with van der Waals surface area (Å²) in [7, 11) is 0. The van der Waals surface area contributed by atoms with Crippen molar-refractivity contribution in [1.29, 1.82) is 5.26 Å². The van der Waals surface area contributed by atoms with Gasteiger partial charge in [0.25, 0.3) is 0 Å². The summed E-state index contributed by atoms with van der Waals surface area (Å²) in [5.74, 6) is -1.13. The third kappa shape index (κ3) is 1.90. The molecule has 0 aromatic heterocycles. The molecule has 72 valence electrons.